The topological polar surface area (TPSA) is 144 Å². The number of hydrogen-bond acceptors (Lipinski definition) is 10. The number of cyclic esters (lactones) is 1. The molecule has 51 heavy (non-hydrogen) atoms. The minimum atomic E-state index is -4.46. The van der Waals surface area contributed by atoms with Crippen molar-refractivity contribution in [3.05, 3.63) is 48.5 Å². The van der Waals surface area contributed by atoms with Gasteiger partial charge in [0.25, 0.3) is 21.8 Å². The normalized spacial score (nSPS) is 17.2. The Bertz CT molecular complexity index is 1680. The van der Waals surface area contributed by atoms with E-state index in [9.17, 15) is 22.8 Å². The van der Waals surface area contributed by atoms with Gasteiger partial charge in [-0.1, -0.05) is 90.5 Å². The molecule has 1 saturated heterocycles. The van der Waals surface area contributed by atoms with Crippen LogP contribution in [-0.2, 0) is 33.9 Å². The number of carbonyl (C=O) groups excluding carboxylic acids is 3. The lowest BCUT2D eigenvalue weighted by Gasteiger charge is -2.34. The number of amidine groups is 1. The van der Waals surface area contributed by atoms with Gasteiger partial charge >= 0.3 is 6.09 Å². The minimum absolute atomic E-state index is 0.0314. The van der Waals surface area contributed by atoms with E-state index in [-0.39, 0.29) is 21.9 Å². The predicted octanol–water partition coefficient (Wildman–Crippen LogP) is 7.86. The summed E-state index contributed by atoms with van der Waals surface area (Å²) in [5, 5.41) is 2.86. The molecule has 2 aliphatic rings. The first kappa shape index (κ1) is 40.3. The number of sulfonamides is 1. The number of hydroxylamine groups is 1. The number of ether oxygens (including phenoxy) is 2. The first-order valence-corrected chi connectivity index (χ1v) is 20.1. The lowest BCUT2D eigenvalue weighted by molar-refractivity contribution is -0.138. The Morgan fingerprint density at radius 1 is 0.941 bits per heavy atom. The number of amides is 3. The van der Waals surface area contributed by atoms with E-state index in [4.69, 9.17) is 14.3 Å². The number of para-hydroxylation sites is 2. The molecule has 0 aliphatic carbocycles. The Kier molecular flexibility index (Phi) is 14.1. The third-order valence-corrected chi connectivity index (χ3v) is 11.4. The maximum absolute atomic E-state index is 14.5. The van der Waals surface area contributed by atoms with Crippen molar-refractivity contribution < 1.29 is 37.1 Å². The van der Waals surface area contributed by atoms with Gasteiger partial charge in [0.2, 0.25) is 0 Å². The van der Waals surface area contributed by atoms with E-state index in [0.717, 1.165) is 37.0 Å². The molecule has 2 aliphatic heterocycles. The highest BCUT2D eigenvalue weighted by Gasteiger charge is 2.56. The van der Waals surface area contributed by atoms with Gasteiger partial charge in [-0.15, -0.1) is 16.2 Å². The average molecular weight is 745 g/mol. The van der Waals surface area contributed by atoms with E-state index in [1.165, 1.54) is 45.2 Å². The number of carbonyl (C=O) groups is 3. The van der Waals surface area contributed by atoms with Crippen LogP contribution in [0.2, 0.25) is 0 Å². The summed E-state index contributed by atoms with van der Waals surface area (Å²) in [4.78, 5) is 53.2. The number of unbranched alkanes of at least 4 members (excludes halogenated alkanes) is 5. The predicted molar refractivity (Wildman–Crippen MR) is 198 cm³/mol. The van der Waals surface area contributed by atoms with Crippen molar-refractivity contribution in [1.82, 2.24) is 9.37 Å². The van der Waals surface area contributed by atoms with Crippen molar-refractivity contribution in [3.63, 3.8) is 0 Å². The average Bonchev–Trinajstić information content (AvgIpc) is 3.27. The number of nitrogens with one attached hydrogen (secondary N) is 1. The van der Waals surface area contributed by atoms with Gasteiger partial charge < -0.3 is 14.8 Å². The number of thioether (sulfide) groups is 1. The molecular weight excluding hydrogens is 693 g/mol. The summed E-state index contributed by atoms with van der Waals surface area (Å²) in [6, 6.07) is 11.3. The third kappa shape index (κ3) is 10.1. The van der Waals surface area contributed by atoms with Gasteiger partial charge in [-0.2, -0.15) is 8.42 Å². The molecule has 3 amide bonds. The van der Waals surface area contributed by atoms with Crippen LogP contribution in [0.25, 0.3) is 0 Å². The fraction of sp³-hybridized carbons (Fsp3) is 0.568. The highest BCUT2D eigenvalue weighted by Crippen LogP contribution is 2.40. The lowest BCUT2D eigenvalue weighted by Crippen LogP contribution is -2.58. The SMILES string of the molecule is CCCCCCCCOCCCON1C(C(C(=O)Nc2ccccc2SC(C)(C)CCC)N2C(=O)OC(C)(C)C2=O)=Nc2ccccc2S1(=O)=O. The highest BCUT2D eigenvalue weighted by atomic mass is 32.2. The molecule has 1 N–H and O–H groups in total. The van der Waals surface area contributed by atoms with Crippen LogP contribution in [0.5, 0.6) is 0 Å². The van der Waals surface area contributed by atoms with Crippen molar-refractivity contribution in [2.24, 2.45) is 4.99 Å². The lowest BCUT2D eigenvalue weighted by atomic mass is 10.1. The van der Waals surface area contributed by atoms with Crippen molar-refractivity contribution in [1.29, 1.82) is 0 Å². The molecule has 1 atom stereocenters. The Balaban J connectivity index is 1.65. The monoisotopic (exact) mass is 744 g/mol. The summed E-state index contributed by atoms with van der Waals surface area (Å²) in [5.41, 5.74) is -1.15. The molecule has 0 aromatic heterocycles. The van der Waals surface area contributed by atoms with E-state index in [0.29, 0.717) is 34.7 Å². The summed E-state index contributed by atoms with van der Waals surface area (Å²) >= 11 is 1.58. The molecule has 1 unspecified atom stereocenters. The number of anilines is 1. The molecule has 14 heteroatoms. The van der Waals surface area contributed by atoms with E-state index < -0.39 is 45.4 Å². The number of fused-ring (bicyclic) bond motifs is 1. The van der Waals surface area contributed by atoms with Crippen LogP contribution in [0, 0.1) is 0 Å². The Morgan fingerprint density at radius 2 is 1.61 bits per heavy atom. The summed E-state index contributed by atoms with van der Waals surface area (Å²) in [6.07, 6.45) is 7.90. The fourth-order valence-corrected chi connectivity index (χ4v) is 8.59. The van der Waals surface area contributed by atoms with Gasteiger partial charge in [-0.3, -0.25) is 14.4 Å². The number of nitrogens with zero attached hydrogens (tertiary/aromatic N) is 3. The van der Waals surface area contributed by atoms with Gasteiger partial charge in [0.05, 0.1) is 18.0 Å². The quantitative estimate of drug-likeness (QED) is 0.106. The maximum Gasteiger partial charge on any atom is 0.418 e. The molecule has 4 rings (SSSR count). The minimum Gasteiger partial charge on any atom is -0.433 e. The Morgan fingerprint density at radius 3 is 2.31 bits per heavy atom. The second kappa shape index (κ2) is 17.8. The Hall–Kier alpha value is -3.46. The second-order valence-corrected chi connectivity index (χ2v) is 17.3. The number of imide groups is 1. The summed E-state index contributed by atoms with van der Waals surface area (Å²) < 4.78 is 39.8. The van der Waals surface area contributed by atoms with Crippen molar-refractivity contribution >= 4 is 56.9 Å². The zero-order valence-electron chi connectivity index (χ0n) is 30.6. The maximum atomic E-state index is 14.5. The molecule has 0 saturated carbocycles. The first-order chi connectivity index (χ1) is 24.2. The van der Waals surface area contributed by atoms with Crippen molar-refractivity contribution in [2.45, 2.75) is 126 Å². The van der Waals surface area contributed by atoms with E-state index in [2.05, 4.69) is 38.0 Å². The van der Waals surface area contributed by atoms with Gasteiger partial charge in [0.1, 0.15) is 4.90 Å². The van der Waals surface area contributed by atoms with Crippen molar-refractivity contribution in [3.8, 4) is 0 Å². The van der Waals surface area contributed by atoms with Crippen LogP contribution >= 0.6 is 11.8 Å². The van der Waals surface area contributed by atoms with Crippen LogP contribution in [0.1, 0.15) is 99.3 Å². The van der Waals surface area contributed by atoms with E-state index in [1.807, 2.05) is 12.1 Å². The standard InChI is InChI=1S/C37H52N4O8S2/c1-7-9-10-11-12-17-24-47-25-18-26-48-41-32(38-28-20-14-16-22-30(28)51(41,45)46)31(40-34(43)37(5,6)49-35(40)44)33(42)39-27-19-13-15-21-29(27)50-36(3,4)23-8-2/h13-16,19-22,31H,7-12,17-18,23-26H2,1-6H3,(H,39,42). The molecule has 2 heterocycles. The largest absolute Gasteiger partial charge is 0.433 e. The van der Waals surface area contributed by atoms with Crippen molar-refractivity contribution in [2.75, 3.05) is 25.1 Å². The van der Waals surface area contributed by atoms with Gasteiger partial charge in [-0.05, 0) is 57.4 Å². The number of rotatable bonds is 20. The molecule has 2 aromatic carbocycles. The van der Waals surface area contributed by atoms with Crippen LogP contribution < -0.4 is 5.32 Å². The molecule has 0 bridgehead atoms. The molecule has 0 radical (unpaired) electrons. The molecule has 2 aromatic rings. The van der Waals surface area contributed by atoms with Crippen LogP contribution in [0.15, 0.2) is 63.3 Å². The molecule has 0 spiro atoms. The zero-order valence-corrected chi connectivity index (χ0v) is 32.2. The van der Waals surface area contributed by atoms with E-state index in [1.54, 1.807) is 36.0 Å². The van der Waals surface area contributed by atoms with Crippen LogP contribution in [0.3, 0.4) is 0 Å². The fourth-order valence-electron chi connectivity index (χ4n) is 5.90. The van der Waals surface area contributed by atoms with Crippen LogP contribution in [0.4, 0.5) is 16.2 Å². The highest BCUT2D eigenvalue weighted by molar-refractivity contribution is 8.00. The molecular formula is C37H52N4O8S2. The number of benzene rings is 2. The third-order valence-electron chi connectivity index (χ3n) is 8.47. The smallest absolute Gasteiger partial charge is 0.418 e. The molecule has 1 fully saturated rings. The summed E-state index contributed by atoms with van der Waals surface area (Å²) in [5.74, 6) is -2.18. The number of aliphatic imine (C=N–C) groups is 1. The summed E-state index contributed by atoms with van der Waals surface area (Å²) in [7, 11) is -4.46. The summed E-state index contributed by atoms with van der Waals surface area (Å²) in [6.45, 7) is 12.1. The molecule has 12 nitrogen and oxygen atoms in total. The first-order valence-electron chi connectivity index (χ1n) is 17.8. The van der Waals surface area contributed by atoms with E-state index >= 15 is 0 Å². The Labute approximate surface area is 306 Å². The number of hydrogen-bond donors (Lipinski definition) is 1. The van der Waals surface area contributed by atoms with Gasteiger partial charge in [0.15, 0.2) is 17.5 Å². The second-order valence-electron chi connectivity index (χ2n) is 13.8. The zero-order chi connectivity index (χ0) is 37.2. The molecule has 280 valence electrons. The van der Waals surface area contributed by atoms with Crippen LogP contribution in [-0.4, -0.2) is 77.7 Å². The van der Waals surface area contributed by atoms with Gasteiger partial charge in [-0.25, -0.2) is 14.7 Å². The van der Waals surface area contributed by atoms with Gasteiger partial charge in [0, 0.05) is 22.9 Å².